The maximum Gasteiger partial charge on any atom is 0.188 e. The number of nitrogens with one attached hydrogen (secondary N) is 1. The molecule has 23 heavy (non-hydrogen) atoms. The molecule has 128 valence electrons. The summed E-state index contributed by atoms with van der Waals surface area (Å²) in [6, 6.07) is 6.68. The van der Waals surface area contributed by atoms with E-state index in [0.29, 0.717) is 32.3 Å². The third-order valence-corrected chi connectivity index (χ3v) is 4.03. The molecule has 1 aliphatic heterocycles. The molecule has 0 bridgehead atoms. The van der Waals surface area contributed by atoms with E-state index in [1.165, 1.54) is 12.1 Å². The SMILES string of the molecule is C=C(C)CNC(N)=NCC1(c2ccc(F)cc2)CCOCC1.I. The van der Waals surface area contributed by atoms with E-state index >= 15 is 0 Å². The number of nitrogens with two attached hydrogens (primary N) is 1. The first-order chi connectivity index (χ1) is 10.5. The monoisotopic (exact) mass is 433 g/mol. The first kappa shape index (κ1) is 19.9. The Morgan fingerprint density at radius 3 is 2.52 bits per heavy atom. The lowest BCUT2D eigenvalue weighted by atomic mass is 9.74. The van der Waals surface area contributed by atoms with E-state index in [4.69, 9.17) is 10.5 Å². The summed E-state index contributed by atoms with van der Waals surface area (Å²) in [4.78, 5) is 4.48. The first-order valence-corrected chi connectivity index (χ1v) is 7.54. The van der Waals surface area contributed by atoms with Crippen LogP contribution in [-0.2, 0) is 10.2 Å². The largest absolute Gasteiger partial charge is 0.381 e. The van der Waals surface area contributed by atoms with Crippen molar-refractivity contribution in [1.82, 2.24) is 5.32 Å². The van der Waals surface area contributed by atoms with Crippen molar-refractivity contribution in [3.05, 3.63) is 47.8 Å². The highest BCUT2D eigenvalue weighted by Gasteiger charge is 2.34. The van der Waals surface area contributed by atoms with Gasteiger partial charge in [0.1, 0.15) is 5.82 Å². The minimum absolute atomic E-state index is 0. The van der Waals surface area contributed by atoms with E-state index in [9.17, 15) is 4.39 Å². The molecular weight excluding hydrogens is 408 g/mol. The Balaban J connectivity index is 0.00000264. The second kappa shape index (κ2) is 9.22. The summed E-state index contributed by atoms with van der Waals surface area (Å²) in [5.41, 5.74) is 7.86. The van der Waals surface area contributed by atoms with Gasteiger partial charge in [0.2, 0.25) is 0 Å². The zero-order chi connectivity index (χ0) is 16.0. The van der Waals surface area contributed by atoms with Gasteiger partial charge in [-0.3, -0.25) is 4.99 Å². The predicted octanol–water partition coefficient (Wildman–Crippen LogP) is 2.97. The molecule has 1 fully saturated rings. The summed E-state index contributed by atoms with van der Waals surface area (Å²) >= 11 is 0. The fourth-order valence-corrected chi connectivity index (χ4v) is 2.64. The van der Waals surface area contributed by atoms with Gasteiger partial charge in [0, 0.05) is 25.2 Å². The molecule has 1 aromatic carbocycles. The Bertz CT molecular complexity index is 539. The number of aliphatic imine (C=N–C) groups is 1. The van der Waals surface area contributed by atoms with Crippen molar-refractivity contribution >= 4 is 29.9 Å². The average Bonchev–Trinajstić information content (AvgIpc) is 2.52. The number of benzene rings is 1. The molecule has 0 aromatic heterocycles. The highest BCUT2D eigenvalue weighted by atomic mass is 127. The minimum atomic E-state index is -0.225. The van der Waals surface area contributed by atoms with Crippen molar-refractivity contribution in [2.24, 2.45) is 10.7 Å². The number of halogens is 2. The zero-order valence-electron chi connectivity index (χ0n) is 13.5. The topological polar surface area (TPSA) is 59.6 Å². The van der Waals surface area contributed by atoms with Crippen LogP contribution < -0.4 is 11.1 Å². The summed E-state index contributed by atoms with van der Waals surface area (Å²) in [6.07, 6.45) is 1.71. The Morgan fingerprint density at radius 1 is 1.35 bits per heavy atom. The Labute approximate surface area is 154 Å². The van der Waals surface area contributed by atoms with E-state index < -0.39 is 0 Å². The molecule has 1 heterocycles. The Morgan fingerprint density at radius 2 is 1.96 bits per heavy atom. The van der Waals surface area contributed by atoms with E-state index in [1.807, 2.05) is 19.1 Å². The van der Waals surface area contributed by atoms with Gasteiger partial charge in [-0.15, -0.1) is 24.0 Å². The van der Waals surface area contributed by atoms with E-state index in [2.05, 4.69) is 16.9 Å². The molecule has 0 radical (unpaired) electrons. The predicted molar refractivity (Wildman–Crippen MR) is 103 cm³/mol. The third kappa shape index (κ3) is 5.76. The van der Waals surface area contributed by atoms with E-state index in [0.717, 1.165) is 24.0 Å². The number of ether oxygens (including phenoxy) is 1. The van der Waals surface area contributed by atoms with Crippen LogP contribution in [0.4, 0.5) is 4.39 Å². The van der Waals surface area contributed by atoms with Gasteiger partial charge in [0.05, 0.1) is 6.54 Å². The molecule has 1 aliphatic rings. The van der Waals surface area contributed by atoms with Crippen molar-refractivity contribution in [3.8, 4) is 0 Å². The highest BCUT2D eigenvalue weighted by Crippen LogP contribution is 2.35. The van der Waals surface area contributed by atoms with Crippen molar-refractivity contribution < 1.29 is 9.13 Å². The van der Waals surface area contributed by atoms with Gasteiger partial charge >= 0.3 is 0 Å². The summed E-state index contributed by atoms with van der Waals surface area (Å²) in [7, 11) is 0. The number of hydrogen-bond donors (Lipinski definition) is 2. The van der Waals surface area contributed by atoms with Crippen LogP contribution in [0.25, 0.3) is 0 Å². The molecule has 0 aliphatic carbocycles. The molecule has 0 amide bonds. The van der Waals surface area contributed by atoms with Crippen LogP contribution in [-0.4, -0.2) is 32.3 Å². The lowest BCUT2D eigenvalue weighted by Crippen LogP contribution is -2.39. The average molecular weight is 433 g/mol. The molecule has 0 spiro atoms. The molecule has 0 unspecified atom stereocenters. The number of rotatable bonds is 5. The van der Waals surface area contributed by atoms with Gasteiger partial charge in [-0.25, -0.2) is 4.39 Å². The van der Waals surface area contributed by atoms with Crippen molar-refractivity contribution in [2.75, 3.05) is 26.3 Å². The van der Waals surface area contributed by atoms with Crippen LogP contribution in [0.2, 0.25) is 0 Å². The fourth-order valence-electron chi connectivity index (χ4n) is 2.64. The van der Waals surface area contributed by atoms with Gasteiger partial charge in [0.15, 0.2) is 5.96 Å². The van der Waals surface area contributed by atoms with Crippen LogP contribution in [0.1, 0.15) is 25.3 Å². The highest BCUT2D eigenvalue weighted by molar-refractivity contribution is 14.0. The first-order valence-electron chi connectivity index (χ1n) is 7.54. The molecule has 0 atom stereocenters. The van der Waals surface area contributed by atoms with Crippen LogP contribution in [0.5, 0.6) is 0 Å². The van der Waals surface area contributed by atoms with Gasteiger partial charge in [0.25, 0.3) is 0 Å². The third-order valence-electron chi connectivity index (χ3n) is 4.03. The Kier molecular flexibility index (Phi) is 7.98. The van der Waals surface area contributed by atoms with Crippen LogP contribution >= 0.6 is 24.0 Å². The zero-order valence-corrected chi connectivity index (χ0v) is 15.8. The molecule has 1 aromatic rings. The molecule has 0 saturated carbocycles. The van der Waals surface area contributed by atoms with Gasteiger partial charge in [-0.1, -0.05) is 24.3 Å². The quantitative estimate of drug-likeness (QED) is 0.325. The summed E-state index contributed by atoms with van der Waals surface area (Å²) in [5.74, 6) is 0.188. The molecule has 4 nitrogen and oxygen atoms in total. The standard InChI is InChI=1S/C17H24FN3O.HI/c1-13(2)11-20-16(19)21-12-17(7-9-22-10-8-17)14-3-5-15(18)6-4-14;/h3-6H,1,7-12H2,2H3,(H3,19,20,21);1H. The molecule has 6 heteroatoms. The summed E-state index contributed by atoms with van der Waals surface area (Å²) < 4.78 is 18.7. The fraction of sp³-hybridized carbons (Fsp3) is 0.471. The smallest absolute Gasteiger partial charge is 0.188 e. The van der Waals surface area contributed by atoms with Crippen molar-refractivity contribution in [1.29, 1.82) is 0 Å². The number of guanidine groups is 1. The van der Waals surface area contributed by atoms with Gasteiger partial charge < -0.3 is 15.8 Å². The molecule has 3 N–H and O–H groups in total. The molecule has 1 saturated heterocycles. The number of hydrogen-bond acceptors (Lipinski definition) is 2. The van der Waals surface area contributed by atoms with E-state index in [1.54, 1.807) is 0 Å². The number of nitrogens with zero attached hydrogens (tertiary/aromatic N) is 1. The Hall–Kier alpha value is -1.15. The van der Waals surface area contributed by atoms with E-state index in [-0.39, 0.29) is 35.2 Å². The van der Waals surface area contributed by atoms with Crippen LogP contribution in [0.15, 0.2) is 41.4 Å². The van der Waals surface area contributed by atoms with Crippen molar-refractivity contribution in [2.45, 2.75) is 25.2 Å². The van der Waals surface area contributed by atoms with Crippen molar-refractivity contribution in [3.63, 3.8) is 0 Å². The molecular formula is C17H25FIN3O. The second-order valence-electron chi connectivity index (χ2n) is 5.91. The summed E-state index contributed by atoms with van der Waals surface area (Å²) in [6.45, 7) is 8.30. The van der Waals surface area contributed by atoms with Crippen LogP contribution in [0, 0.1) is 5.82 Å². The lowest BCUT2D eigenvalue weighted by Gasteiger charge is -2.36. The normalized spacial score (nSPS) is 17.2. The maximum atomic E-state index is 13.2. The van der Waals surface area contributed by atoms with Gasteiger partial charge in [-0.05, 0) is 37.5 Å². The van der Waals surface area contributed by atoms with Gasteiger partial charge in [-0.2, -0.15) is 0 Å². The summed E-state index contributed by atoms with van der Waals surface area (Å²) in [5, 5.41) is 3.04. The molecule has 2 rings (SSSR count). The van der Waals surface area contributed by atoms with Crippen LogP contribution in [0.3, 0.4) is 0 Å². The maximum absolute atomic E-state index is 13.2. The lowest BCUT2D eigenvalue weighted by molar-refractivity contribution is 0.0531. The second-order valence-corrected chi connectivity index (χ2v) is 5.91. The minimum Gasteiger partial charge on any atom is -0.381 e.